The maximum absolute atomic E-state index is 12.5. The Bertz CT molecular complexity index is 590. The molecule has 3 heterocycles. The number of hydrogen-bond donors (Lipinski definition) is 0. The SMILES string of the molecule is O=C(C1CCN(c2cc(Cl)nc(C3CC3)n2)CC1)N1CCCC1. The van der Waals surface area contributed by atoms with E-state index < -0.39 is 0 Å². The van der Waals surface area contributed by atoms with Crippen LogP contribution in [-0.4, -0.2) is 47.0 Å². The first-order chi connectivity index (χ1) is 11.2. The number of aromatic nitrogens is 2. The second kappa shape index (κ2) is 6.27. The lowest BCUT2D eigenvalue weighted by Gasteiger charge is -2.34. The van der Waals surface area contributed by atoms with Crippen LogP contribution in [0.1, 0.15) is 50.3 Å². The molecule has 4 rings (SSSR count). The van der Waals surface area contributed by atoms with E-state index in [4.69, 9.17) is 16.6 Å². The molecule has 1 aliphatic carbocycles. The van der Waals surface area contributed by atoms with Gasteiger partial charge in [0.15, 0.2) is 0 Å². The van der Waals surface area contributed by atoms with E-state index in [9.17, 15) is 4.79 Å². The number of hydrogen-bond acceptors (Lipinski definition) is 4. The Hall–Kier alpha value is -1.36. The lowest BCUT2D eigenvalue weighted by Crippen LogP contribution is -2.42. The van der Waals surface area contributed by atoms with E-state index in [0.29, 0.717) is 17.0 Å². The quantitative estimate of drug-likeness (QED) is 0.798. The second-order valence-corrected chi connectivity index (χ2v) is 7.36. The molecule has 0 aromatic carbocycles. The van der Waals surface area contributed by atoms with E-state index in [0.717, 1.165) is 63.5 Å². The third-order valence-electron chi connectivity index (χ3n) is 5.23. The predicted molar refractivity (Wildman–Crippen MR) is 89.8 cm³/mol. The van der Waals surface area contributed by atoms with E-state index in [1.165, 1.54) is 12.8 Å². The minimum absolute atomic E-state index is 0.185. The minimum atomic E-state index is 0.185. The zero-order chi connectivity index (χ0) is 15.8. The number of amides is 1. The van der Waals surface area contributed by atoms with Gasteiger partial charge in [0.2, 0.25) is 5.91 Å². The van der Waals surface area contributed by atoms with E-state index >= 15 is 0 Å². The van der Waals surface area contributed by atoms with E-state index in [1.54, 1.807) is 0 Å². The summed E-state index contributed by atoms with van der Waals surface area (Å²) in [7, 11) is 0. The normalized spacial score (nSPS) is 22.7. The van der Waals surface area contributed by atoms with Crippen LogP contribution in [0.5, 0.6) is 0 Å². The molecule has 1 aromatic rings. The summed E-state index contributed by atoms with van der Waals surface area (Å²) in [6.07, 6.45) is 6.49. The van der Waals surface area contributed by atoms with Crippen LogP contribution in [0.3, 0.4) is 0 Å². The Morgan fingerprint density at radius 2 is 1.74 bits per heavy atom. The van der Waals surface area contributed by atoms with Gasteiger partial charge >= 0.3 is 0 Å². The number of halogens is 1. The van der Waals surface area contributed by atoms with Crippen molar-refractivity contribution >= 4 is 23.3 Å². The molecule has 0 atom stereocenters. The minimum Gasteiger partial charge on any atom is -0.356 e. The maximum atomic E-state index is 12.5. The van der Waals surface area contributed by atoms with Crippen molar-refractivity contribution in [2.75, 3.05) is 31.1 Å². The van der Waals surface area contributed by atoms with Crippen molar-refractivity contribution in [3.05, 3.63) is 17.0 Å². The van der Waals surface area contributed by atoms with Crippen LogP contribution >= 0.6 is 11.6 Å². The van der Waals surface area contributed by atoms with Gasteiger partial charge in [-0.15, -0.1) is 0 Å². The highest BCUT2D eigenvalue weighted by molar-refractivity contribution is 6.29. The van der Waals surface area contributed by atoms with Gasteiger partial charge in [-0.25, -0.2) is 9.97 Å². The van der Waals surface area contributed by atoms with Crippen molar-refractivity contribution in [1.82, 2.24) is 14.9 Å². The topological polar surface area (TPSA) is 49.3 Å². The Morgan fingerprint density at radius 1 is 1.04 bits per heavy atom. The van der Waals surface area contributed by atoms with Crippen molar-refractivity contribution in [2.24, 2.45) is 5.92 Å². The fraction of sp³-hybridized carbons (Fsp3) is 0.706. The summed E-state index contributed by atoms with van der Waals surface area (Å²) >= 11 is 6.17. The average Bonchev–Trinajstić information content (AvgIpc) is 3.28. The van der Waals surface area contributed by atoms with Crippen molar-refractivity contribution in [1.29, 1.82) is 0 Å². The first-order valence-corrected chi connectivity index (χ1v) is 9.17. The summed E-state index contributed by atoms with van der Waals surface area (Å²) < 4.78 is 0. The van der Waals surface area contributed by atoms with Gasteiger partial charge in [-0.2, -0.15) is 0 Å². The van der Waals surface area contributed by atoms with E-state index in [2.05, 4.69) is 9.88 Å². The first kappa shape index (κ1) is 15.2. The molecule has 1 saturated carbocycles. The summed E-state index contributed by atoms with van der Waals surface area (Å²) in [6, 6.07) is 1.86. The molecule has 0 unspecified atom stereocenters. The third-order valence-corrected chi connectivity index (χ3v) is 5.42. The van der Waals surface area contributed by atoms with Crippen molar-refractivity contribution < 1.29 is 4.79 Å². The van der Waals surface area contributed by atoms with Gasteiger partial charge in [-0.3, -0.25) is 4.79 Å². The highest BCUT2D eigenvalue weighted by Gasteiger charge is 2.31. The second-order valence-electron chi connectivity index (χ2n) is 6.98. The molecule has 3 fully saturated rings. The molecule has 0 radical (unpaired) electrons. The molecule has 23 heavy (non-hydrogen) atoms. The first-order valence-electron chi connectivity index (χ1n) is 8.79. The molecule has 1 aromatic heterocycles. The van der Waals surface area contributed by atoms with E-state index in [1.807, 2.05) is 11.0 Å². The molecule has 0 spiro atoms. The average molecular weight is 335 g/mol. The molecule has 3 aliphatic rings. The van der Waals surface area contributed by atoms with Gasteiger partial charge in [0.25, 0.3) is 0 Å². The number of piperidine rings is 1. The summed E-state index contributed by atoms with van der Waals surface area (Å²) in [5.74, 6) is 2.87. The van der Waals surface area contributed by atoms with E-state index in [-0.39, 0.29) is 5.92 Å². The number of carbonyl (C=O) groups is 1. The fourth-order valence-electron chi connectivity index (χ4n) is 3.66. The molecule has 0 bridgehead atoms. The standard InChI is InChI=1S/C17H23ClN4O/c18-14-11-15(20-16(19-14)12-3-4-12)21-9-5-13(6-10-21)17(23)22-7-1-2-8-22/h11-13H,1-10H2. The number of anilines is 1. The molecule has 6 heteroatoms. The van der Waals surface area contributed by atoms with Crippen molar-refractivity contribution in [3.8, 4) is 0 Å². The molecule has 5 nitrogen and oxygen atoms in total. The van der Waals surface area contributed by atoms with Gasteiger partial charge in [0, 0.05) is 44.1 Å². The highest BCUT2D eigenvalue weighted by atomic mass is 35.5. The Balaban J connectivity index is 1.40. The van der Waals surface area contributed by atoms with Gasteiger partial charge in [0.1, 0.15) is 16.8 Å². The largest absolute Gasteiger partial charge is 0.356 e. The lowest BCUT2D eigenvalue weighted by atomic mass is 9.95. The smallest absolute Gasteiger partial charge is 0.225 e. The third kappa shape index (κ3) is 3.30. The van der Waals surface area contributed by atoms with Gasteiger partial charge in [0.05, 0.1) is 0 Å². The summed E-state index contributed by atoms with van der Waals surface area (Å²) in [5.41, 5.74) is 0. The maximum Gasteiger partial charge on any atom is 0.225 e. The van der Waals surface area contributed by atoms with Crippen LogP contribution in [-0.2, 0) is 4.79 Å². The molecule has 2 aliphatic heterocycles. The van der Waals surface area contributed by atoms with Crippen LogP contribution in [0.15, 0.2) is 6.07 Å². The molecular weight excluding hydrogens is 312 g/mol. The highest BCUT2D eigenvalue weighted by Crippen LogP contribution is 2.39. The van der Waals surface area contributed by atoms with Crippen LogP contribution in [0.4, 0.5) is 5.82 Å². The van der Waals surface area contributed by atoms with Crippen LogP contribution in [0.2, 0.25) is 5.15 Å². The summed E-state index contributed by atoms with van der Waals surface area (Å²) in [5, 5.41) is 0.534. The zero-order valence-electron chi connectivity index (χ0n) is 13.4. The number of nitrogens with zero attached hydrogens (tertiary/aromatic N) is 4. The fourth-order valence-corrected chi connectivity index (χ4v) is 3.84. The lowest BCUT2D eigenvalue weighted by molar-refractivity contribution is -0.135. The van der Waals surface area contributed by atoms with Crippen molar-refractivity contribution in [3.63, 3.8) is 0 Å². The zero-order valence-corrected chi connectivity index (χ0v) is 14.1. The monoisotopic (exact) mass is 334 g/mol. The molecule has 124 valence electrons. The Kier molecular flexibility index (Phi) is 4.14. The summed E-state index contributed by atoms with van der Waals surface area (Å²) in [6.45, 7) is 3.65. The predicted octanol–water partition coefficient (Wildman–Crippen LogP) is 2.85. The number of carbonyl (C=O) groups excluding carboxylic acids is 1. The number of likely N-dealkylation sites (tertiary alicyclic amines) is 1. The summed E-state index contributed by atoms with van der Waals surface area (Å²) in [4.78, 5) is 25.9. The van der Waals surface area contributed by atoms with Crippen LogP contribution in [0, 0.1) is 5.92 Å². The van der Waals surface area contributed by atoms with Gasteiger partial charge in [-0.1, -0.05) is 11.6 Å². The van der Waals surface area contributed by atoms with Crippen LogP contribution < -0.4 is 4.90 Å². The van der Waals surface area contributed by atoms with Crippen molar-refractivity contribution in [2.45, 2.75) is 44.4 Å². The molecular formula is C17H23ClN4O. The van der Waals surface area contributed by atoms with Gasteiger partial charge in [-0.05, 0) is 38.5 Å². The van der Waals surface area contributed by atoms with Crippen LogP contribution in [0.25, 0.3) is 0 Å². The Labute approximate surface area is 142 Å². The number of rotatable bonds is 3. The Morgan fingerprint density at radius 3 is 2.39 bits per heavy atom. The van der Waals surface area contributed by atoms with Gasteiger partial charge < -0.3 is 9.80 Å². The molecule has 0 N–H and O–H groups in total. The molecule has 2 saturated heterocycles. The molecule has 1 amide bonds.